The smallest absolute Gasteiger partial charge is 0.164 e. The van der Waals surface area contributed by atoms with Gasteiger partial charge in [-0.1, -0.05) is 218 Å². The van der Waals surface area contributed by atoms with E-state index in [-0.39, 0.29) is 0 Å². The van der Waals surface area contributed by atoms with E-state index in [1.165, 1.54) is 110 Å². The molecule has 13 aromatic carbocycles. The summed E-state index contributed by atoms with van der Waals surface area (Å²) in [5.74, 6) is 1.88. The third kappa shape index (κ3) is 6.79. The summed E-state index contributed by atoms with van der Waals surface area (Å²) >= 11 is 0. The van der Waals surface area contributed by atoms with Crippen molar-refractivity contribution in [3.63, 3.8) is 0 Å². The molecule has 0 radical (unpaired) electrons. The molecule has 4 aromatic heterocycles. The van der Waals surface area contributed by atoms with Gasteiger partial charge in [0.25, 0.3) is 0 Å². The molecular formula is C82H50N6. The molecule has 6 nitrogen and oxygen atoms in total. The van der Waals surface area contributed by atoms with Gasteiger partial charge in [-0.05, 0) is 129 Å². The quantitative estimate of drug-likeness (QED) is 0.160. The molecule has 2 aliphatic rings. The van der Waals surface area contributed by atoms with Crippen LogP contribution in [0, 0.1) is 0 Å². The summed E-state index contributed by atoms with van der Waals surface area (Å²) in [4.78, 5) is 15.3. The van der Waals surface area contributed by atoms with E-state index < -0.39 is 5.41 Å². The lowest BCUT2D eigenvalue weighted by Crippen LogP contribution is -2.26. The van der Waals surface area contributed by atoms with E-state index in [1.807, 2.05) is 36.4 Å². The Balaban J connectivity index is 0.882. The fraction of sp³-hybridized carbons (Fsp3) is 0.0122. The van der Waals surface area contributed by atoms with Crippen molar-refractivity contribution in [2.75, 3.05) is 0 Å². The first-order valence-corrected chi connectivity index (χ1v) is 30.2. The molecule has 408 valence electrons. The summed E-state index contributed by atoms with van der Waals surface area (Å²) in [6.45, 7) is 0. The van der Waals surface area contributed by atoms with Gasteiger partial charge in [0.15, 0.2) is 17.5 Å². The van der Waals surface area contributed by atoms with E-state index in [9.17, 15) is 0 Å². The predicted molar refractivity (Wildman–Crippen MR) is 361 cm³/mol. The zero-order valence-corrected chi connectivity index (χ0v) is 47.6. The minimum absolute atomic E-state index is 0.615. The van der Waals surface area contributed by atoms with Crippen molar-refractivity contribution in [3.8, 4) is 84.6 Å². The minimum Gasteiger partial charge on any atom is -0.309 e. The van der Waals surface area contributed by atoms with Gasteiger partial charge in [0.2, 0.25) is 0 Å². The maximum atomic E-state index is 5.16. The van der Waals surface area contributed by atoms with Crippen LogP contribution in [0.5, 0.6) is 0 Å². The highest BCUT2D eigenvalue weighted by Gasteiger charge is 2.54. The van der Waals surface area contributed by atoms with E-state index in [2.05, 4.69) is 281 Å². The van der Waals surface area contributed by atoms with Crippen molar-refractivity contribution in [2.45, 2.75) is 5.41 Å². The predicted octanol–water partition coefficient (Wildman–Crippen LogP) is 20.2. The third-order valence-corrected chi connectivity index (χ3v) is 18.9. The molecule has 88 heavy (non-hydrogen) atoms. The van der Waals surface area contributed by atoms with Gasteiger partial charge in [-0.15, -0.1) is 0 Å². The lowest BCUT2D eigenvalue weighted by Gasteiger charge is -2.31. The zero-order chi connectivity index (χ0) is 57.6. The molecule has 2 aliphatic carbocycles. The average molecular weight is 1120 g/mol. The first kappa shape index (κ1) is 48.6. The Bertz CT molecular complexity index is 5670. The van der Waals surface area contributed by atoms with E-state index in [0.717, 1.165) is 44.8 Å². The largest absolute Gasteiger partial charge is 0.309 e. The van der Waals surface area contributed by atoms with Gasteiger partial charge in [0, 0.05) is 77.2 Å². The Morgan fingerprint density at radius 3 is 1.27 bits per heavy atom. The fourth-order valence-electron chi connectivity index (χ4n) is 15.3. The molecule has 0 bridgehead atoms. The molecule has 0 aliphatic heterocycles. The summed E-state index contributed by atoms with van der Waals surface area (Å²) in [5, 5.41) is 7.31. The van der Waals surface area contributed by atoms with E-state index in [0.29, 0.717) is 17.5 Å². The number of rotatable bonds is 7. The second kappa shape index (κ2) is 18.6. The van der Waals surface area contributed by atoms with Crippen LogP contribution in [-0.2, 0) is 5.41 Å². The van der Waals surface area contributed by atoms with Crippen LogP contribution >= 0.6 is 0 Å². The van der Waals surface area contributed by atoms with E-state index >= 15 is 0 Å². The lowest BCUT2D eigenvalue weighted by atomic mass is 9.70. The number of benzene rings is 13. The van der Waals surface area contributed by atoms with Gasteiger partial charge in [0.1, 0.15) is 0 Å². The van der Waals surface area contributed by atoms with Gasteiger partial charge in [-0.2, -0.15) is 0 Å². The van der Waals surface area contributed by atoms with Gasteiger partial charge in [0.05, 0.1) is 38.5 Å². The maximum absolute atomic E-state index is 5.16. The van der Waals surface area contributed by atoms with Gasteiger partial charge < -0.3 is 13.7 Å². The van der Waals surface area contributed by atoms with Crippen LogP contribution in [0.1, 0.15) is 22.3 Å². The highest BCUT2D eigenvalue weighted by molar-refractivity contribution is 6.20. The minimum atomic E-state index is -0.678. The molecule has 1 spiro atoms. The van der Waals surface area contributed by atoms with Crippen LogP contribution in [0.2, 0.25) is 0 Å². The summed E-state index contributed by atoms with van der Waals surface area (Å²) in [7, 11) is 0. The van der Waals surface area contributed by atoms with Crippen LogP contribution in [0.3, 0.4) is 0 Å². The molecule has 0 fully saturated rings. The van der Waals surface area contributed by atoms with Gasteiger partial charge in [-0.3, -0.25) is 0 Å². The molecule has 0 N–H and O–H groups in total. The van der Waals surface area contributed by atoms with Crippen LogP contribution in [-0.4, -0.2) is 28.7 Å². The maximum Gasteiger partial charge on any atom is 0.164 e. The van der Waals surface area contributed by atoms with E-state index in [4.69, 9.17) is 15.0 Å². The molecule has 0 saturated carbocycles. The summed E-state index contributed by atoms with van der Waals surface area (Å²) < 4.78 is 7.45. The molecule has 0 saturated heterocycles. The van der Waals surface area contributed by atoms with Crippen molar-refractivity contribution in [1.29, 1.82) is 0 Å². The van der Waals surface area contributed by atoms with Crippen molar-refractivity contribution >= 4 is 65.4 Å². The zero-order valence-electron chi connectivity index (χ0n) is 47.6. The normalized spacial score (nSPS) is 14.0. The van der Waals surface area contributed by atoms with Crippen LogP contribution < -0.4 is 0 Å². The van der Waals surface area contributed by atoms with Crippen LogP contribution in [0.4, 0.5) is 0 Å². The number of fused-ring (bicyclic) bond motifs is 21. The lowest BCUT2D eigenvalue weighted by molar-refractivity contribution is 0.797. The second-order valence-electron chi connectivity index (χ2n) is 23.4. The van der Waals surface area contributed by atoms with Crippen molar-refractivity contribution in [1.82, 2.24) is 28.7 Å². The number of para-hydroxylation sites is 4. The summed E-state index contributed by atoms with van der Waals surface area (Å²) in [6, 6.07) is 111. The Kier molecular flexibility index (Phi) is 10.3. The first-order chi connectivity index (χ1) is 43.7. The highest BCUT2D eigenvalue weighted by atomic mass is 15.0. The fourth-order valence-corrected chi connectivity index (χ4v) is 15.3. The monoisotopic (exact) mass is 1120 g/mol. The van der Waals surface area contributed by atoms with Gasteiger partial charge >= 0.3 is 0 Å². The van der Waals surface area contributed by atoms with Crippen molar-refractivity contribution in [2.24, 2.45) is 0 Å². The Hall–Kier alpha value is -11.7. The summed E-state index contributed by atoms with van der Waals surface area (Å²) in [5.41, 5.74) is 25.0. The topological polar surface area (TPSA) is 53.5 Å². The Labute approximate surface area is 506 Å². The molecule has 1 atom stereocenters. The third-order valence-electron chi connectivity index (χ3n) is 18.9. The standard InChI is InChI=1S/C82H50N6/c1-5-21-51(22-6-1)79-83-80(52-23-7-2-8-24-52)85-81(84-79)53-37-41-58(42-38-53)87-74-48-40-55(54-39-47-73-66(49-54)61-31-16-19-35-71(61)86(73)56-25-9-3-10-26-56)50-67(74)64-45-46-70-75(77(64)87)65-32-14-18-34-69(65)82(70)68-33-17-13-29-59(68)62-43-44-63-60-30-15-20-36-72(60)88(78(63)76(62)82)57-27-11-4-12-28-57/h1-50H. The summed E-state index contributed by atoms with van der Waals surface area (Å²) in [6.07, 6.45) is 0. The molecule has 1 unspecified atom stereocenters. The van der Waals surface area contributed by atoms with Crippen molar-refractivity contribution < 1.29 is 0 Å². The Morgan fingerprint density at radius 2 is 0.648 bits per heavy atom. The number of aromatic nitrogens is 6. The van der Waals surface area contributed by atoms with Gasteiger partial charge in [-0.25, -0.2) is 15.0 Å². The molecule has 0 amide bonds. The number of hydrogen-bond acceptors (Lipinski definition) is 3. The highest BCUT2D eigenvalue weighted by Crippen LogP contribution is 2.66. The molecule has 6 heteroatoms. The number of nitrogens with zero attached hydrogens (tertiary/aromatic N) is 6. The molecule has 19 rings (SSSR count). The first-order valence-electron chi connectivity index (χ1n) is 30.2. The second-order valence-corrected chi connectivity index (χ2v) is 23.4. The molecular weight excluding hydrogens is 1070 g/mol. The average Bonchev–Trinajstić information content (AvgIpc) is 1.49. The molecule has 17 aromatic rings. The Morgan fingerprint density at radius 1 is 0.239 bits per heavy atom. The number of hydrogen-bond donors (Lipinski definition) is 0. The van der Waals surface area contributed by atoms with Crippen LogP contribution in [0.15, 0.2) is 303 Å². The van der Waals surface area contributed by atoms with Crippen molar-refractivity contribution in [3.05, 3.63) is 326 Å². The van der Waals surface area contributed by atoms with E-state index in [1.54, 1.807) is 0 Å². The SMILES string of the molecule is c1ccc(-c2nc(-c3ccccc3)nc(-c3ccc(-n4c5ccc(-c6ccc7c(c6)c6ccccc6n7-c6ccccc6)cc5c5ccc6c(c54)-c4ccccc4C64c5ccccc5-c5ccc6c7ccccc7n(-c7ccccc7)c6c54)cc3)n2)cc1. The van der Waals surface area contributed by atoms with Crippen LogP contribution in [0.25, 0.3) is 150 Å². The molecule has 4 heterocycles.